The summed E-state index contributed by atoms with van der Waals surface area (Å²) in [6.07, 6.45) is 0.508. The Bertz CT molecular complexity index is 108. The monoisotopic (exact) mass is 144 g/mol. The number of ketones is 1. The first-order valence-corrected chi connectivity index (χ1v) is 3.71. The fourth-order valence-corrected chi connectivity index (χ4v) is 0.644. The molecule has 1 N–H and O–H groups in total. The number of Topliss-reactive ketones (excluding diaryl/α,β-unsaturated/α-hetero) is 1. The lowest BCUT2D eigenvalue weighted by Crippen LogP contribution is -2.13. The zero-order valence-corrected chi connectivity index (χ0v) is 6.92. The van der Waals surface area contributed by atoms with Crippen LogP contribution in [0, 0.1) is 11.8 Å². The van der Waals surface area contributed by atoms with Crippen molar-refractivity contribution in [3.05, 3.63) is 0 Å². The second kappa shape index (κ2) is 4.45. The minimum Gasteiger partial charge on any atom is -0.396 e. The summed E-state index contributed by atoms with van der Waals surface area (Å²) in [6.45, 7) is 5.75. The minimum absolute atomic E-state index is 0.106. The molecule has 0 rings (SSSR count). The van der Waals surface area contributed by atoms with Crippen LogP contribution < -0.4 is 0 Å². The van der Waals surface area contributed by atoms with Gasteiger partial charge in [-0.25, -0.2) is 0 Å². The standard InChI is InChI=1S/C8H16O2/c1-6(2)8(10)4-7(3)5-9/h6-7,9H,4-5H2,1-3H3/t7-/m1/s1. The largest absolute Gasteiger partial charge is 0.396 e. The zero-order chi connectivity index (χ0) is 8.15. The van der Waals surface area contributed by atoms with E-state index >= 15 is 0 Å². The first kappa shape index (κ1) is 9.63. The van der Waals surface area contributed by atoms with Crippen LogP contribution in [0.3, 0.4) is 0 Å². The number of aliphatic hydroxyl groups is 1. The van der Waals surface area contributed by atoms with Gasteiger partial charge in [-0.3, -0.25) is 4.79 Å². The van der Waals surface area contributed by atoms with E-state index in [-0.39, 0.29) is 24.2 Å². The minimum atomic E-state index is 0.106. The van der Waals surface area contributed by atoms with Crippen molar-refractivity contribution in [1.29, 1.82) is 0 Å². The van der Waals surface area contributed by atoms with Gasteiger partial charge in [-0.05, 0) is 5.92 Å². The normalized spacial score (nSPS) is 13.7. The molecule has 0 aliphatic carbocycles. The molecule has 0 aromatic rings. The fraction of sp³-hybridized carbons (Fsp3) is 0.875. The molecule has 60 valence electrons. The molecule has 1 atom stereocenters. The summed E-state index contributed by atoms with van der Waals surface area (Å²) in [5, 5.41) is 8.61. The van der Waals surface area contributed by atoms with Crippen LogP contribution in [0.25, 0.3) is 0 Å². The van der Waals surface area contributed by atoms with E-state index in [1.54, 1.807) is 0 Å². The molecule has 0 amide bonds. The predicted molar refractivity (Wildman–Crippen MR) is 40.7 cm³/mol. The maximum Gasteiger partial charge on any atom is 0.135 e. The van der Waals surface area contributed by atoms with E-state index in [0.717, 1.165) is 0 Å². The lowest BCUT2D eigenvalue weighted by Gasteiger charge is -2.07. The van der Waals surface area contributed by atoms with E-state index in [9.17, 15) is 4.79 Å². The van der Waals surface area contributed by atoms with E-state index < -0.39 is 0 Å². The molecule has 10 heavy (non-hydrogen) atoms. The molecule has 2 nitrogen and oxygen atoms in total. The van der Waals surface area contributed by atoms with Crippen molar-refractivity contribution in [3.8, 4) is 0 Å². The Morgan fingerprint density at radius 3 is 2.20 bits per heavy atom. The van der Waals surface area contributed by atoms with Crippen molar-refractivity contribution in [2.75, 3.05) is 6.61 Å². The quantitative estimate of drug-likeness (QED) is 0.644. The van der Waals surface area contributed by atoms with E-state index in [1.165, 1.54) is 0 Å². The summed E-state index contributed by atoms with van der Waals surface area (Å²) in [7, 11) is 0. The van der Waals surface area contributed by atoms with Crippen LogP contribution in [-0.4, -0.2) is 17.5 Å². The molecule has 0 saturated carbocycles. The molecule has 0 bridgehead atoms. The van der Waals surface area contributed by atoms with Crippen LogP contribution in [0.2, 0.25) is 0 Å². The van der Waals surface area contributed by atoms with Crippen LogP contribution in [0.15, 0.2) is 0 Å². The SMILES string of the molecule is CC(C)C(=O)C[C@@H](C)CO. The van der Waals surface area contributed by atoms with Crippen molar-refractivity contribution in [2.45, 2.75) is 27.2 Å². The van der Waals surface area contributed by atoms with E-state index in [4.69, 9.17) is 5.11 Å². The number of hydrogen-bond donors (Lipinski definition) is 1. The van der Waals surface area contributed by atoms with Gasteiger partial charge in [-0.2, -0.15) is 0 Å². The average Bonchev–Trinajstić information content (AvgIpc) is 1.87. The van der Waals surface area contributed by atoms with E-state index in [2.05, 4.69) is 0 Å². The van der Waals surface area contributed by atoms with Crippen molar-refractivity contribution in [3.63, 3.8) is 0 Å². The third-order valence-corrected chi connectivity index (χ3v) is 1.51. The van der Waals surface area contributed by atoms with Gasteiger partial charge in [0.2, 0.25) is 0 Å². The Morgan fingerprint density at radius 1 is 1.40 bits per heavy atom. The molecule has 0 spiro atoms. The van der Waals surface area contributed by atoms with Gasteiger partial charge in [-0.1, -0.05) is 20.8 Å². The van der Waals surface area contributed by atoms with Gasteiger partial charge in [-0.15, -0.1) is 0 Å². The Morgan fingerprint density at radius 2 is 1.90 bits per heavy atom. The molecule has 0 fully saturated rings. The van der Waals surface area contributed by atoms with Crippen LogP contribution in [0.4, 0.5) is 0 Å². The summed E-state index contributed by atoms with van der Waals surface area (Å²) in [5.41, 5.74) is 0. The van der Waals surface area contributed by atoms with Gasteiger partial charge < -0.3 is 5.11 Å². The maximum atomic E-state index is 11.0. The molecule has 0 unspecified atom stereocenters. The predicted octanol–water partition coefficient (Wildman–Crippen LogP) is 1.23. The van der Waals surface area contributed by atoms with Gasteiger partial charge in [0.15, 0.2) is 0 Å². The fourth-order valence-electron chi connectivity index (χ4n) is 0.644. The molecule has 0 heterocycles. The van der Waals surface area contributed by atoms with Gasteiger partial charge in [0.1, 0.15) is 5.78 Å². The molecule has 0 aromatic heterocycles. The van der Waals surface area contributed by atoms with Crippen LogP contribution >= 0.6 is 0 Å². The Balaban J connectivity index is 3.57. The summed E-state index contributed by atoms with van der Waals surface area (Å²) < 4.78 is 0. The van der Waals surface area contributed by atoms with Gasteiger partial charge in [0, 0.05) is 18.9 Å². The van der Waals surface area contributed by atoms with Crippen molar-refractivity contribution < 1.29 is 9.90 Å². The number of aliphatic hydroxyl groups excluding tert-OH is 1. The summed E-state index contributed by atoms with van der Waals surface area (Å²) in [6, 6.07) is 0. The van der Waals surface area contributed by atoms with Gasteiger partial charge in [0.05, 0.1) is 0 Å². The second-order valence-electron chi connectivity index (χ2n) is 3.11. The number of carbonyl (C=O) groups is 1. The van der Waals surface area contributed by atoms with Crippen molar-refractivity contribution >= 4 is 5.78 Å². The number of rotatable bonds is 4. The highest BCUT2D eigenvalue weighted by molar-refractivity contribution is 5.80. The summed E-state index contributed by atoms with van der Waals surface area (Å²) in [4.78, 5) is 11.0. The topological polar surface area (TPSA) is 37.3 Å². The number of hydrogen-bond acceptors (Lipinski definition) is 2. The molecule has 0 aromatic carbocycles. The Hall–Kier alpha value is -0.370. The van der Waals surface area contributed by atoms with Crippen molar-refractivity contribution in [1.82, 2.24) is 0 Å². The van der Waals surface area contributed by atoms with Crippen LogP contribution in [0.1, 0.15) is 27.2 Å². The summed E-state index contributed by atoms with van der Waals surface area (Å²) in [5.74, 6) is 0.463. The highest BCUT2D eigenvalue weighted by Crippen LogP contribution is 2.06. The molecule has 0 radical (unpaired) electrons. The third kappa shape index (κ3) is 3.62. The smallest absolute Gasteiger partial charge is 0.135 e. The second-order valence-corrected chi connectivity index (χ2v) is 3.11. The lowest BCUT2D eigenvalue weighted by atomic mass is 9.99. The molecular formula is C8H16O2. The van der Waals surface area contributed by atoms with Gasteiger partial charge in [0.25, 0.3) is 0 Å². The molecule has 0 saturated heterocycles. The van der Waals surface area contributed by atoms with Crippen LogP contribution in [-0.2, 0) is 4.79 Å². The Kier molecular flexibility index (Phi) is 4.28. The van der Waals surface area contributed by atoms with Gasteiger partial charge >= 0.3 is 0 Å². The maximum absolute atomic E-state index is 11.0. The van der Waals surface area contributed by atoms with E-state index in [0.29, 0.717) is 6.42 Å². The molecular weight excluding hydrogens is 128 g/mol. The molecule has 2 heteroatoms. The molecule has 0 aliphatic heterocycles. The highest BCUT2D eigenvalue weighted by Gasteiger charge is 2.10. The van der Waals surface area contributed by atoms with E-state index in [1.807, 2.05) is 20.8 Å². The first-order chi connectivity index (χ1) is 4.57. The lowest BCUT2D eigenvalue weighted by molar-refractivity contribution is -0.123. The van der Waals surface area contributed by atoms with Crippen molar-refractivity contribution in [2.24, 2.45) is 11.8 Å². The average molecular weight is 144 g/mol. The third-order valence-electron chi connectivity index (χ3n) is 1.51. The zero-order valence-electron chi connectivity index (χ0n) is 6.92. The first-order valence-electron chi connectivity index (χ1n) is 3.71. The summed E-state index contributed by atoms with van der Waals surface area (Å²) >= 11 is 0. The molecule has 0 aliphatic rings. The number of carbonyl (C=O) groups excluding carboxylic acids is 1. The van der Waals surface area contributed by atoms with Crippen LogP contribution in [0.5, 0.6) is 0 Å². The highest BCUT2D eigenvalue weighted by atomic mass is 16.3. The Labute approximate surface area is 62.2 Å².